The van der Waals surface area contributed by atoms with E-state index in [-0.39, 0.29) is 42.0 Å². The van der Waals surface area contributed by atoms with Crippen LogP contribution in [0.4, 0.5) is 0 Å². The lowest BCUT2D eigenvalue weighted by Gasteiger charge is -2.48. The van der Waals surface area contributed by atoms with Crippen molar-refractivity contribution in [2.45, 2.75) is 175 Å². The second kappa shape index (κ2) is 19.7. The number of nitrogens with one attached hydrogen (secondary N) is 1. The molecule has 53 heavy (non-hydrogen) atoms. The molecule has 16 atom stereocenters. The topological polar surface area (TPSA) is 134 Å². The van der Waals surface area contributed by atoms with Gasteiger partial charge < -0.3 is 43.2 Å². The summed E-state index contributed by atoms with van der Waals surface area (Å²) in [5.41, 5.74) is -0.0605. The summed E-state index contributed by atoms with van der Waals surface area (Å²) in [5, 5.41) is 14.8. The third kappa shape index (κ3) is 12.0. The van der Waals surface area contributed by atoms with Crippen LogP contribution in [0.2, 0.25) is 0 Å². The SMILES string of the molecule is C=C(OC1CC(C)C(OC(C)=O)C(C)O1)C1C(C)C(=O)OC(CC)C(C)=CC(C)NC(O)C(C)CC(C)(OC)C(OC2CC(N(C)C)CC(C)O2)C1C. The first-order valence-corrected chi connectivity index (χ1v) is 19.7. The number of carbonyl (C=O) groups is 2. The third-order valence-corrected chi connectivity index (χ3v) is 11.8. The predicted octanol–water partition coefficient (Wildman–Crippen LogP) is 5.96. The van der Waals surface area contributed by atoms with Crippen LogP contribution in [-0.2, 0) is 42.7 Å². The van der Waals surface area contributed by atoms with Crippen molar-refractivity contribution in [1.82, 2.24) is 10.2 Å². The third-order valence-electron chi connectivity index (χ3n) is 11.8. The number of cyclic esters (lactones) is 1. The highest BCUT2D eigenvalue weighted by atomic mass is 16.7. The monoisotopic (exact) mass is 753 g/mol. The van der Waals surface area contributed by atoms with E-state index in [1.165, 1.54) is 6.92 Å². The van der Waals surface area contributed by atoms with E-state index in [4.69, 9.17) is 33.2 Å². The lowest BCUT2D eigenvalue weighted by molar-refractivity contribution is -0.271. The van der Waals surface area contributed by atoms with Gasteiger partial charge in [-0.2, -0.15) is 0 Å². The van der Waals surface area contributed by atoms with Crippen molar-refractivity contribution < 1.29 is 47.9 Å². The van der Waals surface area contributed by atoms with Crippen molar-refractivity contribution in [3.05, 3.63) is 24.0 Å². The minimum Gasteiger partial charge on any atom is -0.470 e. The molecular formula is C41H72N2O10. The Labute approximate surface area is 319 Å². The summed E-state index contributed by atoms with van der Waals surface area (Å²) in [4.78, 5) is 28.3. The zero-order valence-corrected chi connectivity index (χ0v) is 35.0. The number of aliphatic hydroxyl groups is 1. The number of aliphatic hydroxyl groups excluding tert-OH is 1. The highest BCUT2D eigenvalue weighted by molar-refractivity contribution is 5.73. The molecule has 16 unspecified atom stereocenters. The minimum absolute atomic E-state index is 0.0353. The number of nitrogens with zero attached hydrogens (tertiary/aromatic N) is 1. The molecule has 3 rings (SSSR count). The maximum Gasteiger partial charge on any atom is 0.310 e. The van der Waals surface area contributed by atoms with Gasteiger partial charge in [0.15, 0.2) is 12.6 Å². The molecule has 306 valence electrons. The van der Waals surface area contributed by atoms with Crippen LogP contribution >= 0.6 is 0 Å². The Morgan fingerprint density at radius 3 is 2.26 bits per heavy atom. The second-order valence-electron chi connectivity index (χ2n) is 16.7. The normalized spacial score (nSPS) is 42.5. The molecule has 0 saturated carbocycles. The summed E-state index contributed by atoms with van der Waals surface area (Å²) in [6.07, 6.45) is 0.929. The number of esters is 2. The number of methoxy groups -OCH3 is 1. The van der Waals surface area contributed by atoms with Crippen LogP contribution in [0, 0.1) is 29.6 Å². The van der Waals surface area contributed by atoms with Crippen LogP contribution in [0.1, 0.15) is 108 Å². The Bertz CT molecular complexity index is 1230. The van der Waals surface area contributed by atoms with Crippen LogP contribution in [0.5, 0.6) is 0 Å². The molecule has 3 aliphatic rings. The van der Waals surface area contributed by atoms with Crippen LogP contribution < -0.4 is 5.32 Å². The van der Waals surface area contributed by atoms with Crippen molar-refractivity contribution in [2.75, 3.05) is 21.2 Å². The molecule has 0 spiro atoms. The highest BCUT2D eigenvalue weighted by Gasteiger charge is 2.49. The van der Waals surface area contributed by atoms with Crippen LogP contribution in [0.3, 0.4) is 0 Å². The molecule has 3 heterocycles. The van der Waals surface area contributed by atoms with Crippen molar-refractivity contribution in [1.29, 1.82) is 0 Å². The summed E-state index contributed by atoms with van der Waals surface area (Å²) >= 11 is 0. The van der Waals surface area contributed by atoms with E-state index >= 15 is 0 Å². The Morgan fingerprint density at radius 1 is 1.04 bits per heavy atom. The van der Waals surface area contributed by atoms with E-state index in [1.54, 1.807) is 7.11 Å². The van der Waals surface area contributed by atoms with Gasteiger partial charge in [-0.15, -0.1) is 0 Å². The summed E-state index contributed by atoms with van der Waals surface area (Å²) in [7, 11) is 5.79. The second-order valence-corrected chi connectivity index (χ2v) is 16.7. The summed E-state index contributed by atoms with van der Waals surface area (Å²) in [6.45, 7) is 25.5. The largest absolute Gasteiger partial charge is 0.470 e. The van der Waals surface area contributed by atoms with Crippen LogP contribution in [0.25, 0.3) is 0 Å². The van der Waals surface area contributed by atoms with E-state index in [1.807, 2.05) is 68.4 Å². The van der Waals surface area contributed by atoms with Gasteiger partial charge in [-0.05, 0) is 85.4 Å². The van der Waals surface area contributed by atoms with Gasteiger partial charge in [0.2, 0.25) is 0 Å². The first-order valence-electron chi connectivity index (χ1n) is 19.7. The van der Waals surface area contributed by atoms with Crippen molar-refractivity contribution in [3.8, 4) is 0 Å². The van der Waals surface area contributed by atoms with E-state index < -0.39 is 66.6 Å². The number of ether oxygens (including phenoxy) is 7. The Balaban J connectivity index is 2.12. The summed E-state index contributed by atoms with van der Waals surface area (Å²) in [5.74, 6) is -2.43. The number of carbonyl (C=O) groups excluding carboxylic acids is 2. The quantitative estimate of drug-likeness (QED) is 0.164. The smallest absolute Gasteiger partial charge is 0.310 e. The Morgan fingerprint density at radius 2 is 1.70 bits per heavy atom. The van der Waals surface area contributed by atoms with Crippen molar-refractivity contribution in [3.63, 3.8) is 0 Å². The van der Waals surface area contributed by atoms with Gasteiger partial charge in [-0.1, -0.05) is 47.3 Å². The van der Waals surface area contributed by atoms with Gasteiger partial charge in [0.1, 0.15) is 18.4 Å². The lowest BCUT2D eigenvalue weighted by Crippen LogP contribution is -2.55. The maximum absolute atomic E-state index is 14.3. The molecule has 12 nitrogen and oxygen atoms in total. The van der Waals surface area contributed by atoms with Crippen molar-refractivity contribution >= 4 is 11.9 Å². The first kappa shape index (κ1) is 45.3. The molecule has 2 saturated heterocycles. The van der Waals surface area contributed by atoms with Gasteiger partial charge >= 0.3 is 11.9 Å². The number of rotatable bonds is 9. The number of allylic oxidation sites excluding steroid dienone is 1. The number of hydrogen-bond acceptors (Lipinski definition) is 12. The predicted molar refractivity (Wildman–Crippen MR) is 203 cm³/mol. The maximum atomic E-state index is 14.3. The molecule has 12 heteroatoms. The molecular weight excluding hydrogens is 680 g/mol. The molecule has 0 aromatic heterocycles. The summed E-state index contributed by atoms with van der Waals surface area (Å²) < 4.78 is 44.6. The summed E-state index contributed by atoms with van der Waals surface area (Å²) in [6, 6.07) is 0.0544. The molecule has 0 radical (unpaired) electrons. The zero-order chi connectivity index (χ0) is 39.9. The average Bonchev–Trinajstić information content (AvgIpc) is 3.06. The minimum atomic E-state index is -0.954. The van der Waals surface area contributed by atoms with Crippen LogP contribution in [0.15, 0.2) is 24.0 Å². The zero-order valence-electron chi connectivity index (χ0n) is 35.0. The van der Waals surface area contributed by atoms with E-state index in [0.29, 0.717) is 31.4 Å². The molecule has 0 aromatic carbocycles. The molecule has 2 fully saturated rings. The van der Waals surface area contributed by atoms with Crippen molar-refractivity contribution in [2.24, 2.45) is 29.6 Å². The highest BCUT2D eigenvalue weighted by Crippen LogP contribution is 2.43. The fourth-order valence-corrected chi connectivity index (χ4v) is 8.73. The first-order chi connectivity index (χ1) is 24.7. The average molecular weight is 753 g/mol. The van der Waals surface area contributed by atoms with E-state index in [2.05, 4.69) is 37.8 Å². The van der Waals surface area contributed by atoms with Gasteiger partial charge in [-0.25, -0.2) is 0 Å². The van der Waals surface area contributed by atoms with Crippen LogP contribution in [-0.4, -0.2) is 110 Å². The Kier molecular flexibility index (Phi) is 16.8. The van der Waals surface area contributed by atoms with Gasteiger partial charge in [0.25, 0.3) is 0 Å². The number of hydrogen-bond donors (Lipinski definition) is 2. The van der Waals surface area contributed by atoms with Gasteiger partial charge in [-0.3, -0.25) is 14.9 Å². The molecule has 3 aliphatic heterocycles. The fourth-order valence-electron chi connectivity index (χ4n) is 8.73. The molecule has 2 N–H and O–H groups in total. The fraction of sp³-hybridized carbons (Fsp3) is 0.854. The molecule has 0 aliphatic carbocycles. The van der Waals surface area contributed by atoms with Gasteiger partial charge in [0, 0.05) is 50.8 Å². The standard InChI is InChI=1S/C41H72N2O10/c1-16-33-22(2)17-25(5)42-39(45)24(4)21-41(12,47-15)38(53-35-20-32(43(13)14)19-26(6)48-35)27(7)36(28(8)40(46)52-33)29(9)49-34-18-23(3)37(30(10)50-34)51-31(11)44/h17,23-28,30,32-39,42,45H,9,16,18-21H2,1-8,10-15H3. The molecule has 0 aromatic rings. The van der Waals surface area contributed by atoms with Gasteiger partial charge in [0.05, 0.1) is 35.6 Å². The lowest BCUT2D eigenvalue weighted by atomic mass is 9.72. The molecule has 0 bridgehead atoms. The van der Waals surface area contributed by atoms with E-state index in [9.17, 15) is 14.7 Å². The molecule has 0 amide bonds. The van der Waals surface area contributed by atoms with E-state index in [0.717, 1.165) is 12.0 Å². The Hall–Kier alpha value is -2.06.